The Morgan fingerprint density at radius 3 is 2.50 bits per heavy atom. The fraction of sp³-hybridized carbons (Fsp3) is 0.233. The predicted octanol–water partition coefficient (Wildman–Crippen LogP) is 5.02. The van der Waals surface area contributed by atoms with Crippen molar-refractivity contribution < 1.29 is 36.3 Å². The van der Waals surface area contributed by atoms with Crippen LogP contribution in [0, 0.1) is 5.82 Å². The zero-order valence-corrected chi connectivity index (χ0v) is 25.0. The number of hydrogen-bond donors (Lipinski definition) is 2. The second kappa shape index (κ2) is 13.0. The SMILES string of the molecule is CCc1ccc(OCc2ccc(F)cc2)c(S(=O)(=O)Nc2noc3cc(Cn4cc(CNC(=O)OC)cn4)cc(OC)c23)c1. The summed E-state index contributed by atoms with van der Waals surface area (Å²) in [6.45, 7) is 2.54. The maximum absolute atomic E-state index is 13.7. The van der Waals surface area contributed by atoms with Gasteiger partial charge in [-0.05, 0) is 59.5 Å². The van der Waals surface area contributed by atoms with Gasteiger partial charge >= 0.3 is 6.09 Å². The molecule has 0 aliphatic heterocycles. The van der Waals surface area contributed by atoms with Crippen molar-refractivity contribution in [3.05, 3.63) is 95.1 Å². The van der Waals surface area contributed by atoms with Gasteiger partial charge in [-0.3, -0.25) is 9.40 Å². The minimum absolute atomic E-state index is 0.0390. The Kier molecular flexibility index (Phi) is 8.99. The molecule has 0 atom stereocenters. The number of nitrogens with zero attached hydrogens (tertiary/aromatic N) is 3. The minimum atomic E-state index is -4.21. The topological polar surface area (TPSA) is 147 Å². The molecule has 12 nitrogen and oxygen atoms in total. The standard InChI is InChI=1S/C30H30FN5O7S/c1-4-19-7-10-24(42-18-20-5-8-23(31)9-6-20)27(13-19)44(38,39)35-29-28-25(40-2)11-21(12-26(28)43-34-29)16-36-17-22(15-33-36)14-32-30(37)41-3/h5-13,15,17H,4,14,16,18H2,1-3H3,(H,32,37)(H,34,35). The van der Waals surface area contributed by atoms with Crippen molar-refractivity contribution in [2.75, 3.05) is 18.9 Å². The molecule has 2 heterocycles. The van der Waals surface area contributed by atoms with Crippen molar-refractivity contribution >= 4 is 32.9 Å². The number of aryl methyl sites for hydroxylation is 1. The number of anilines is 1. The van der Waals surface area contributed by atoms with E-state index in [9.17, 15) is 17.6 Å². The number of benzene rings is 3. The van der Waals surface area contributed by atoms with Gasteiger partial charge < -0.3 is 24.1 Å². The van der Waals surface area contributed by atoms with Gasteiger partial charge in [-0.15, -0.1) is 0 Å². The van der Waals surface area contributed by atoms with E-state index in [1.165, 1.54) is 26.4 Å². The molecule has 0 saturated carbocycles. The summed E-state index contributed by atoms with van der Waals surface area (Å²) in [7, 11) is -1.46. The number of ether oxygens (including phenoxy) is 3. The molecular weight excluding hydrogens is 593 g/mol. The molecule has 14 heteroatoms. The summed E-state index contributed by atoms with van der Waals surface area (Å²) < 4.78 is 66.5. The number of sulfonamides is 1. The van der Waals surface area contributed by atoms with Gasteiger partial charge in [-0.2, -0.15) is 5.10 Å². The number of fused-ring (bicyclic) bond motifs is 1. The van der Waals surface area contributed by atoms with Crippen LogP contribution in [0.15, 0.2) is 76.4 Å². The van der Waals surface area contributed by atoms with Gasteiger partial charge in [-0.1, -0.05) is 30.3 Å². The van der Waals surface area contributed by atoms with Gasteiger partial charge in [0.1, 0.15) is 34.2 Å². The quantitative estimate of drug-likeness (QED) is 0.196. The highest BCUT2D eigenvalue weighted by Crippen LogP contribution is 2.36. The van der Waals surface area contributed by atoms with Crippen LogP contribution in [0.25, 0.3) is 11.0 Å². The molecule has 3 aromatic carbocycles. The molecule has 0 saturated heterocycles. The number of carbonyl (C=O) groups excluding carboxylic acids is 1. The normalized spacial score (nSPS) is 11.4. The van der Waals surface area contributed by atoms with Gasteiger partial charge in [0.15, 0.2) is 11.4 Å². The van der Waals surface area contributed by atoms with Crippen molar-refractivity contribution in [1.82, 2.24) is 20.3 Å². The summed E-state index contributed by atoms with van der Waals surface area (Å²) in [4.78, 5) is 11.3. The molecule has 0 aliphatic rings. The fourth-order valence-electron chi connectivity index (χ4n) is 4.46. The lowest BCUT2D eigenvalue weighted by Gasteiger charge is -2.14. The maximum Gasteiger partial charge on any atom is 0.407 e. The molecule has 230 valence electrons. The van der Waals surface area contributed by atoms with Gasteiger partial charge in [0.2, 0.25) is 0 Å². The molecule has 0 radical (unpaired) electrons. The molecular formula is C30H30FN5O7S. The van der Waals surface area contributed by atoms with Crippen LogP contribution in [0.3, 0.4) is 0 Å². The van der Waals surface area contributed by atoms with Crippen LogP contribution in [0.5, 0.6) is 11.5 Å². The highest BCUT2D eigenvalue weighted by Gasteiger charge is 2.25. The summed E-state index contributed by atoms with van der Waals surface area (Å²) >= 11 is 0. The number of amides is 1. The second-order valence-corrected chi connectivity index (χ2v) is 11.4. The number of alkyl carbamates (subject to hydrolysis) is 1. The van der Waals surface area contributed by atoms with Gasteiger partial charge in [0.05, 0.1) is 27.0 Å². The number of halogens is 1. The first-order valence-corrected chi connectivity index (χ1v) is 15.0. The average Bonchev–Trinajstić information content (AvgIpc) is 3.65. The van der Waals surface area contributed by atoms with E-state index in [4.69, 9.17) is 14.0 Å². The third-order valence-electron chi connectivity index (χ3n) is 6.72. The summed E-state index contributed by atoms with van der Waals surface area (Å²) in [5, 5.41) is 11.2. The third kappa shape index (κ3) is 6.92. The van der Waals surface area contributed by atoms with Crippen molar-refractivity contribution in [2.24, 2.45) is 0 Å². The van der Waals surface area contributed by atoms with E-state index < -0.39 is 16.1 Å². The molecule has 5 rings (SSSR count). The van der Waals surface area contributed by atoms with Gasteiger partial charge in [0.25, 0.3) is 10.0 Å². The molecule has 2 N–H and O–H groups in total. The summed E-state index contributed by atoms with van der Waals surface area (Å²) in [5.41, 5.74) is 3.28. The van der Waals surface area contributed by atoms with Crippen molar-refractivity contribution in [3.8, 4) is 11.5 Å². The van der Waals surface area contributed by atoms with Crippen LogP contribution < -0.4 is 19.5 Å². The molecule has 0 spiro atoms. The predicted molar refractivity (Wildman–Crippen MR) is 158 cm³/mol. The van der Waals surface area contributed by atoms with Crippen LogP contribution in [0.4, 0.5) is 15.0 Å². The van der Waals surface area contributed by atoms with Crippen molar-refractivity contribution in [2.45, 2.75) is 37.9 Å². The lowest BCUT2D eigenvalue weighted by Crippen LogP contribution is -2.21. The summed E-state index contributed by atoms with van der Waals surface area (Å²) in [6, 6.07) is 14.1. The van der Waals surface area contributed by atoms with Gasteiger partial charge in [-0.25, -0.2) is 17.6 Å². The van der Waals surface area contributed by atoms with E-state index in [0.717, 1.165) is 16.7 Å². The number of aromatic nitrogens is 3. The van der Waals surface area contributed by atoms with E-state index in [2.05, 4.69) is 25.0 Å². The molecule has 0 fully saturated rings. The van der Waals surface area contributed by atoms with Gasteiger partial charge in [0, 0.05) is 18.3 Å². The molecule has 0 bridgehead atoms. The Bertz CT molecular complexity index is 1890. The van der Waals surface area contributed by atoms with Crippen molar-refractivity contribution in [1.29, 1.82) is 0 Å². The highest BCUT2D eigenvalue weighted by atomic mass is 32.2. The molecule has 44 heavy (non-hydrogen) atoms. The highest BCUT2D eigenvalue weighted by molar-refractivity contribution is 7.92. The zero-order valence-electron chi connectivity index (χ0n) is 24.2. The number of rotatable bonds is 12. The summed E-state index contributed by atoms with van der Waals surface area (Å²) in [5.74, 6) is 0.0363. The first kappa shape index (κ1) is 30.4. The first-order chi connectivity index (χ1) is 21.2. The number of methoxy groups -OCH3 is 2. The Morgan fingerprint density at radius 2 is 1.77 bits per heavy atom. The average molecular weight is 624 g/mol. The van der Waals surface area contributed by atoms with E-state index in [0.29, 0.717) is 35.2 Å². The van der Waals surface area contributed by atoms with Crippen LogP contribution >= 0.6 is 0 Å². The Balaban J connectivity index is 1.39. The largest absolute Gasteiger partial charge is 0.496 e. The monoisotopic (exact) mass is 623 g/mol. The Hall–Kier alpha value is -5.11. The van der Waals surface area contributed by atoms with Crippen LogP contribution in [-0.2, 0) is 40.9 Å². The maximum atomic E-state index is 13.7. The van der Waals surface area contributed by atoms with E-state index in [-0.39, 0.29) is 35.4 Å². The van der Waals surface area contributed by atoms with Crippen LogP contribution in [-0.4, -0.2) is 43.7 Å². The Labute approximate surface area is 252 Å². The Morgan fingerprint density at radius 1 is 1.00 bits per heavy atom. The number of hydrogen-bond acceptors (Lipinski definition) is 9. The molecule has 2 aromatic heterocycles. The molecule has 0 unspecified atom stereocenters. The zero-order chi connectivity index (χ0) is 31.3. The van der Waals surface area contributed by atoms with Crippen LogP contribution in [0.2, 0.25) is 0 Å². The van der Waals surface area contributed by atoms with E-state index in [1.807, 2.05) is 6.92 Å². The fourth-order valence-corrected chi connectivity index (χ4v) is 5.66. The number of carbonyl (C=O) groups is 1. The number of nitrogens with one attached hydrogen (secondary N) is 2. The minimum Gasteiger partial charge on any atom is -0.496 e. The molecule has 5 aromatic rings. The molecule has 1 amide bonds. The summed E-state index contributed by atoms with van der Waals surface area (Å²) in [6.07, 6.45) is 3.45. The smallest absolute Gasteiger partial charge is 0.407 e. The van der Waals surface area contributed by atoms with E-state index in [1.54, 1.807) is 59.5 Å². The third-order valence-corrected chi connectivity index (χ3v) is 8.08. The van der Waals surface area contributed by atoms with Crippen molar-refractivity contribution in [3.63, 3.8) is 0 Å². The van der Waals surface area contributed by atoms with Crippen LogP contribution in [0.1, 0.15) is 29.2 Å². The second-order valence-electron chi connectivity index (χ2n) is 9.75. The van der Waals surface area contributed by atoms with E-state index >= 15 is 0 Å². The lowest BCUT2D eigenvalue weighted by atomic mass is 10.1. The molecule has 0 aliphatic carbocycles. The lowest BCUT2D eigenvalue weighted by molar-refractivity contribution is 0.170. The first-order valence-electron chi connectivity index (χ1n) is 13.5.